The van der Waals surface area contributed by atoms with Crippen LogP contribution in [0.3, 0.4) is 0 Å². The van der Waals surface area contributed by atoms with Crippen molar-refractivity contribution in [2.24, 2.45) is 0 Å². The van der Waals surface area contributed by atoms with Crippen molar-refractivity contribution in [3.05, 3.63) is 0 Å². The minimum Gasteiger partial charge on any atom is -0.467 e. The van der Waals surface area contributed by atoms with Crippen molar-refractivity contribution in [2.45, 2.75) is 58.7 Å². The molecule has 0 radical (unpaired) electrons. The monoisotopic (exact) mass is 275 g/mol. The van der Waals surface area contributed by atoms with E-state index in [2.05, 4.69) is 4.74 Å². The molecule has 0 aliphatic carbocycles. The number of carbonyl (C=O) groups excluding carboxylic acids is 2. The molecule has 0 rings (SSSR count). The van der Waals surface area contributed by atoms with Gasteiger partial charge in [-0.15, -0.1) is 0 Å². The lowest BCUT2D eigenvalue weighted by molar-refractivity contribution is -0.150. The van der Waals surface area contributed by atoms with Gasteiger partial charge >= 0.3 is 12.1 Å². The Balaban J connectivity index is 5.33. The molecule has 112 valence electrons. The first-order chi connectivity index (χ1) is 8.44. The number of amides is 1. The Labute approximate surface area is 114 Å². The van der Waals surface area contributed by atoms with Crippen LogP contribution < -0.4 is 0 Å². The summed E-state index contributed by atoms with van der Waals surface area (Å²) in [6, 6.07) is -1.08. The average molecular weight is 275 g/mol. The smallest absolute Gasteiger partial charge is 0.411 e. The quantitative estimate of drug-likeness (QED) is 0.791. The van der Waals surface area contributed by atoms with Crippen molar-refractivity contribution in [2.75, 3.05) is 13.7 Å². The van der Waals surface area contributed by atoms with Crippen LogP contribution in [0.1, 0.15) is 41.5 Å². The fraction of sp³-hybridized carbons (Fsp3) is 0.846. The number of nitrogens with zero attached hydrogens (tertiary/aromatic N) is 1. The number of hydrogen-bond acceptors (Lipinski definition) is 5. The van der Waals surface area contributed by atoms with Gasteiger partial charge in [0.15, 0.2) is 6.04 Å². The molecule has 0 spiro atoms. The highest BCUT2D eigenvalue weighted by molar-refractivity contribution is 5.82. The minimum absolute atomic E-state index is 0.525. The average Bonchev–Trinajstić information content (AvgIpc) is 2.19. The van der Waals surface area contributed by atoms with Crippen molar-refractivity contribution in [1.82, 2.24) is 4.90 Å². The third-order valence-corrected chi connectivity index (χ3v) is 2.27. The van der Waals surface area contributed by atoms with Gasteiger partial charge in [0, 0.05) is 5.54 Å². The summed E-state index contributed by atoms with van der Waals surface area (Å²) in [6.07, 6.45) is -0.663. The predicted octanol–water partition coefficient (Wildman–Crippen LogP) is 1.56. The highest BCUT2D eigenvalue weighted by Crippen LogP contribution is 2.22. The zero-order chi connectivity index (χ0) is 15.4. The lowest BCUT2D eigenvalue weighted by atomic mass is 10.0. The number of ether oxygens (including phenoxy) is 2. The van der Waals surface area contributed by atoms with E-state index in [1.54, 1.807) is 41.5 Å². The van der Waals surface area contributed by atoms with Crippen molar-refractivity contribution in [3.8, 4) is 0 Å². The Morgan fingerprint density at radius 1 is 1.16 bits per heavy atom. The number of aliphatic hydroxyl groups is 1. The van der Waals surface area contributed by atoms with Crippen molar-refractivity contribution >= 4 is 12.1 Å². The largest absolute Gasteiger partial charge is 0.467 e. The molecule has 6 nitrogen and oxygen atoms in total. The lowest BCUT2D eigenvalue weighted by Crippen LogP contribution is -2.57. The van der Waals surface area contributed by atoms with Crippen molar-refractivity contribution < 1.29 is 24.2 Å². The molecule has 0 fully saturated rings. The Bertz CT molecular complexity index is 327. The van der Waals surface area contributed by atoms with Crippen LogP contribution in [0.25, 0.3) is 0 Å². The van der Waals surface area contributed by atoms with Crippen molar-refractivity contribution in [3.63, 3.8) is 0 Å². The maximum absolute atomic E-state index is 12.2. The molecule has 0 bridgehead atoms. The van der Waals surface area contributed by atoms with Gasteiger partial charge < -0.3 is 14.6 Å². The van der Waals surface area contributed by atoms with Crippen LogP contribution in [-0.4, -0.2) is 53.0 Å². The highest BCUT2D eigenvalue weighted by Gasteiger charge is 2.40. The van der Waals surface area contributed by atoms with Gasteiger partial charge in [0.1, 0.15) is 5.60 Å². The first-order valence-electron chi connectivity index (χ1n) is 6.15. The molecule has 1 N–H and O–H groups in total. The second kappa shape index (κ2) is 6.23. The van der Waals surface area contributed by atoms with Gasteiger partial charge in [0.25, 0.3) is 0 Å². The summed E-state index contributed by atoms with van der Waals surface area (Å²) in [5.74, 6) is -0.678. The van der Waals surface area contributed by atoms with E-state index < -0.39 is 35.9 Å². The number of methoxy groups -OCH3 is 1. The molecule has 0 aromatic heterocycles. The van der Waals surface area contributed by atoms with E-state index in [1.165, 1.54) is 12.0 Å². The molecule has 19 heavy (non-hydrogen) atoms. The molecule has 0 aromatic rings. The van der Waals surface area contributed by atoms with E-state index >= 15 is 0 Å². The van der Waals surface area contributed by atoms with E-state index in [1.807, 2.05) is 0 Å². The molecular formula is C13H25NO5. The molecule has 0 saturated carbocycles. The Morgan fingerprint density at radius 2 is 1.63 bits per heavy atom. The summed E-state index contributed by atoms with van der Waals surface area (Å²) < 4.78 is 9.88. The molecule has 6 heteroatoms. The summed E-state index contributed by atoms with van der Waals surface area (Å²) in [5, 5.41) is 9.36. The van der Waals surface area contributed by atoms with Crippen LogP contribution in [0.2, 0.25) is 0 Å². The van der Waals surface area contributed by atoms with E-state index in [0.717, 1.165) is 0 Å². The molecule has 0 aromatic carbocycles. The Hall–Kier alpha value is -1.30. The first kappa shape index (κ1) is 17.7. The molecular weight excluding hydrogens is 250 g/mol. The molecule has 0 saturated heterocycles. The van der Waals surface area contributed by atoms with Gasteiger partial charge in [0.2, 0.25) is 0 Å². The van der Waals surface area contributed by atoms with E-state index in [9.17, 15) is 14.7 Å². The standard InChI is InChI=1S/C13H25NO5/c1-12(2,3)14(9(8-15)10(16)18-7)11(17)19-13(4,5)6/h9,15H,8H2,1-7H3/t9-/m1/s1. The summed E-state index contributed by atoms with van der Waals surface area (Å²) in [4.78, 5) is 25.1. The summed E-state index contributed by atoms with van der Waals surface area (Å²) >= 11 is 0. The third kappa shape index (κ3) is 5.46. The lowest BCUT2D eigenvalue weighted by Gasteiger charge is -2.40. The fourth-order valence-corrected chi connectivity index (χ4v) is 1.58. The van der Waals surface area contributed by atoms with Gasteiger partial charge in [-0.25, -0.2) is 9.59 Å². The number of esters is 1. The van der Waals surface area contributed by atoms with Crippen LogP contribution in [0, 0.1) is 0 Å². The van der Waals surface area contributed by atoms with Crippen LogP contribution in [-0.2, 0) is 14.3 Å². The van der Waals surface area contributed by atoms with E-state index in [-0.39, 0.29) is 0 Å². The first-order valence-corrected chi connectivity index (χ1v) is 6.15. The van der Waals surface area contributed by atoms with Gasteiger partial charge in [0.05, 0.1) is 13.7 Å². The third-order valence-electron chi connectivity index (χ3n) is 2.27. The van der Waals surface area contributed by atoms with Gasteiger partial charge in [-0.2, -0.15) is 0 Å². The topological polar surface area (TPSA) is 76.1 Å². The van der Waals surface area contributed by atoms with Crippen LogP contribution in [0.15, 0.2) is 0 Å². The van der Waals surface area contributed by atoms with E-state index in [0.29, 0.717) is 0 Å². The number of aliphatic hydroxyl groups excluding tert-OH is 1. The molecule has 0 unspecified atom stereocenters. The Kier molecular flexibility index (Phi) is 5.81. The zero-order valence-corrected chi connectivity index (χ0v) is 12.8. The fourth-order valence-electron chi connectivity index (χ4n) is 1.58. The van der Waals surface area contributed by atoms with Crippen molar-refractivity contribution in [1.29, 1.82) is 0 Å². The molecule has 0 heterocycles. The Morgan fingerprint density at radius 3 is 1.89 bits per heavy atom. The normalized spacial score (nSPS) is 13.7. The molecule has 1 atom stereocenters. The number of rotatable bonds is 3. The SMILES string of the molecule is COC(=O)[C@@H](CO)N(C(=O)OC(C)(C)C)C(C)(C)C. The zero-order valence-electron chi connectivity index (χ0n) is 12.8. The molecule has 0 aliphatic heterocycles. The second-order valence-corrected chi connectivity index (χ2v) is 6.24. The summed E-state index contributed by atoms with van der Waals surface area (Å²) in [5.41, 5.74) is -1.37. The number of carbonyl (C=O) groups is 2. The maximum Gasteiger partial charge on any atom is 0.411 e. The predicted molar refractivity (Wildman–Crippen MR) is 70.7 cm³/mol. The maximum atomic E-state index is 12.2. The van der Waals surface area contributed by atoms with Gasteiger partial charge in [-0.05, 0) is 41.5 Å². The number of hydrogen-bond donors (Lipinski definition) is 1. The highest BCUT2D eigenvalue weighted by atomic mass is 16.6. The van der Waals surface area contributed by atoms with Crippen LogP contribution in [0.5, 0.6) is 0 Å². The molecule has 1 amide bonds. The summed E-state index contributed by atoms with van der Waals surface area (Å²) in [7, 11) is 1.21. The van der Waals surface area contributed by atoms with Crippen LogP contribution >= 0.6 is 0 Å². The summed E-state index contributed by atoms with van der Waals surface area (Å²) in [6.45, 7) is 9.93. The molecule has 0 aliphatic rings. The second-order valence-electron chi connectivity index (χ2n) is 6.24. The minimum atomic E-state index is -1.08. The van der Waals surface area contributed by atoms with E-state index in [4.69, 9.17) is 4.74 Å². The van der Waals surface area contributed by atoms with Gasteiger partial charge in [-0.3, -0.25) is 4.90 Å². The van der Waals surface area contributed by atoms with Crippen LogP contribution in [0.4, 0.5) is 4.79 Å². The van der Waals surface area contributed by atoms with Gasteiger partial charge in [-0.1, -0.05) is 0 Å².